The molecule has 0 saturated carbocycles. The molecule has 2 atom stereocenters. The second kappa shape index (κ2) is 8.45. The second-order valence-corrected chi connectivity index (χ2v) is 8.45. The van der Waals surface area contributed by atoms with Crippen LogP contribution >= 0.6 is 11.8 Å². The van der Waals surface area contributed by atoms with E-state index in [1.807, 2.05) is 28.9 Å². The molecule has 2 aliphatic rings. The smallest absolute Gasteiger partial charge is 0.239 e. The number of anilines is 1. The van der Waals surface area contributed by atoms with Crippen LogP contribution in [0.4, 0.5) is 10.1 Å². The van der Waals surface area contributed by atoms with Gasteiger partial charge in [-0.05, 0) is 31.5 Å². The van der Waals surface area contributed by atoms with Gasteiger partial charge in [-0.3, -0.25) is 4.79 Å². The molecule has 0 spiro atoms. The predicted molar refractivity (Wildman–Crippen MR) is 108 cm³/mol. The minimum absolute atomic E-state index is 0.140. The van der Waals surface area contributed by atoms with Gasteiger partial charge in [0.25, 0.3) is 0 Å². The summed E-state index contributed by atoms with van der Waals surface area (Å²) in [7, 11) is 0. The fourth-order valence-electron chi connectivity index (χ4n) is 3.71. The van der Waals surface area contributed by atoms with Gasteiger partial charge in [-0.25, -0.2) is 14.4 Å². The molecule has 1 aromatic carbocycles. The van der Waals surface area contributed by atoms with Crippen LogP contribution in [-0.4, -0.2) is 64.8 Å². The number of nitrogens with one attached hydrogen (secondary N) is 1. The molecule has 2 saturated heterocycles. The van der Waals surface area contributed by atoms with Crippen molar-refractivity contribution in [2.75, 3.05) is 37.6 Å². The van der Waals surface area contributed by atoms with E-state index in [1.54, 1.807) is 30.1 Å². The highest BCUT2D eigenvalue weighted by atomic mass is 32.2. The highest BCUT2D eigenvalue weighted by molar-refractivity contribution is 7.99. The summed E-state index contributed by atoms with van der Waals surface area (Å²) in [5, 5.41) is 4.40. The van der Waals surface area contributed by atoms with Crippen molar-refractivity contribution in [2.24, 2.45) is 0 Å². The van der Waals surface area contributed by atoms with E-state index < -0.39 is 0 Å². The van der Waals surface area contributed by atoms with Gasteiger partial charge in [0.1, 0.15) is 5.82 Å². The van der Waals surface area contributed by atoms with Gasteiger partial charge >= 0.3 is 0 Å². The molecule has 0 bridgehead atoms. The van der Waals surface area contributed by atoms with E-state index in [9.17, 15) is 9.18 Å². The molecule has 1 N–H and O–H groups in total. The number of thioether (sulfide) groups is 1. The van der Waals surface area contributed by atoms with Gasteiger partial charge in [-0.2, -0.15) is 0 Å². The molecule has 0 unspecified atom stereocenters. The summed E-state index contributed by atoms with van der Waals surface area (Å²) in [4.78, 5) is 25.5. The van der Waals surface area contributed by atoms with Crippen LogP contribution in [0.2, 0.25) is 0 Å². The third-order valence-electron chi connectivity index (χ3n) is 5.22. The van der Waals surface area contributed by atoms with E-state index in [4.69, 9.17) is 0 Å². The number of aryl methyl sites for hydroxylation is 1. The van der Waals surface area contributed by atoms with Gasteiger partial charge in [0.05, 0.1) is 11.7 Å². The highest BCUT2D eigenvalue weighted by Crippen LogP contribution is 2.27. The van der Waals surface area contributed by atoms with Crippen molar-refractivity contribution < 1.29 is 9.18 Å². The van der Waals surface area contributed by atoms with Crippen molar-refractivity contribution in [3.8, 4) is 0 Å². The van der Waals surface area contributed by atoms with Crippen LogP contribution in [0.3, 0.4) is 0 Å². The second-order valence-electron chi connectivity index (χ2n) is 7.18. The monoisotopic (exact) mass is 401 g/mol. The van der Waals surface area contributed by atoms with Crippen molar-refractivity contribution in [1.82, 2.24) is 20.2 Å². The molecule has 4 rings (SSSR count). The molecular weight excluding hydrogens is 377 g/mol. The number of hydrogen-bond acceptors (Lipinski definition) is 6. The Bertz CT molecular complexity index is 843. The molecule has 28 heavy (non-hydrogen) atoms. The summed E-state index contributed by atoms with van der Waals surface area (Å²) in [6.07, 6.45) is 2.54. The predicted octanol–water partition coefficient (Wildman–Crippen LogP) is 2.10. The number of halogens is 1. The quantitative estimate of drug-likeness (QED) is 0.792. The standard InChI is InChI=1S/C20H24FN5OS/c1-14-6-7-22-20(24-14)28-15-12-17(23-13-15)19(27)26-10-8-25(9-11-26)18-5-3-2-4-16(18)21/h2-7,15,17,23H,8-13H2,1H3/t15-,17+/m1/s1. The van der Waals surface area contributed by atoms with Crippen molar-refractivity contribution in [1.29, 1.82) is 0 Å². The zero-order chi connectivity index (χ0) is 19.5. The van der Waals surface area contributed by atoms with Gasteiger partial charge in [-0.1, -0.05) is 23.9 Å². The highest BCUT2D eigenvalue weighted by Gasteiger charge is 2.34. The zero-order valence-corrected chi connectivity index (χ0v) is 16.7. The molecule has 1 aromatic heterocycles. The number of aromatic nitrogens is 2. The summed E-state index contributed by atoms with van der Waals surface area (Å²) < 4.78 is 14.0. The average molecular weight is 402 g/mol. The average Bonchev–Trinajstić information content (AvgIpc) is 3.16. The molecule has 2 aliphatic heterocycles. The topological polar surface area (TPSA) is 61.4 Å². The van der Waals surface area contributed by atoms with Crippen LogP contribution < -0.4 is 10.2 Å². The lowest BCUT2D eigenvalue weighted by Crippen LogP contribution is -2.53. The van der Waals surface area contributed by atoms with E-state index in [0.717, 1.165) is 23.8 Å². The van der Waals surface area contributed by atoms with E-state index in [0.29, 0.717) is 31.9 Å². The molecule has 8 heteroatoms. The number of amides is 1. The van der Waals surface area contributed by atoms with Gasteiger partial charge < -0.3 is 15.1 Å². The summed E-state index contributed by atoms with van der Waals surface area (Å²) in [6.45, 7) is 5.25. The van der Waals surface area contributed by atoms with E-state index in [-0.39, 0.29) is 23.0 Å². The Labute approximate surface area is 168 Å². The number of piperazine rings is 1. The minimum Gasteiger partial charge on any atom is -0.366 e. The Morgan fingerprint density at radius 3 is 2.75 bits per heavy atom. The number of carbonyl (C=O) groups excluding carboxylic acids is 1. The first-order valence-electron chi connectivity index (χ1n) is 9.58. The summed E-state index contributed by atoms with van der Waals surface area (Å²) >= 11 is 1.63. The van der Waals surface area contributed by atoms with E-state index >= 15 is 0 Å². The van der Waals surface area contributed by atoms with E-state index in [1.165, 1.54) is 6.07 Å². The molecule has 0 radical (unpaired) electrons. The van der Waals surface area contributed by atoms with Crippen LogP contribution in [0.5, 0.6) is 0 Å². The Kier molecular flexibility index (Phi) is 5.77. The SMILES string of the molecule is Cc1ccnc(S[C@H]2CN[C@H](C(=O)N3CCN(c4ccccc4F)CC3)C2)n1. The maximum atomic E-state index is 14.0. The third-order valence-corrected chi connectivity index (χ3v) is 6.32. The maximum absolute atomic E-state index is 14.0. The number of benzene rings is 1. The fraction of sp³-hybridized carbons (Fsp3) is 0.450. The van der Waals surface area contributed by atoms with Gasteiger partial charge in [0.15, 0.2) is 5.16 Å². The van der Waals surface area contributed by atoms with Crippen molar-refractivity contribution >= 4 is 23.4 Å². The molecule has 1 amide bonds. The van der Waals surface area contributed by atoms with Crippen LogP contribution in [0.15, 0.2) is 41.7 Å². The lowest BCUT2D eigenvalue weighted by molar-refractivity contribution is -0.133. The molecule has 6 nitrogen and oxygen atoms in total. The Morgan fingerprint density at radius 1 is 1.21 bits per heavy atom. The third kappa shape index (κ3) is 4.28. The zero-order valence-electron chi connectivity index (χ0n) is 15.8. The lowest BCUT2D eigenvalue weighted by atomic mass is 10.1. The Morgan fingerprint density at radius 2 is 2.00 bits per heavy atom. The Balaban J connectivity index is 1.29. The number of carbonyl (C=O) groups is 1. The van der Waals surface area contributed by atoms with Gasteiger partial charge in [-0.15, -0.1) is 0 Å². The number of rotatable bonds is 4. The first-order chi connectivity index (χ1) is 13.6. The molecule has 0 aliphatic carbocycles. The first kappa shape index (κ1) is 19.1. The summed E-state index contributed by atoms with van der Waals surface area (Å²) in [5.41, 5.74) is 1.56. The first-order valence-corrected chi connectivity index (χ1v) is 10.5. The van der Waals surface area contributed by atoms with Crippen LogP contribution in [0.1, 0.15) is 12.1 Å². The summed E-state index contributed by atoms with van der Waals surface area (Å²) in [5.74, 6) is -0.0700. The van der Waals surface area contributed by atoms with Crippen LogP contribution in [0, 0.1) is 12.7 Å². The summed E-state index contributed by atoms with van der Waals surface area (Å²) in [6, 6.07) is 8.52. The lowest BCUT2D eigenvalue weighted by Gasteiger charge is -2.37. The van der Waals surface area contributed by atoms with Gasteiger partial charge in [0, 0.05) is 49.9 Å². The minimum atomic E-state index is -0.210. The Hall–Kier alpha value is -2.19. The number of para-hydroxylation sites is 1. The van der Waals surface area contributed by atoms with Crippen molar-refractivity contribution in [3.63, 3.8) is 0 Å². The molecular formula is C20H24FN5OS. The van der Waals surface area contributed by atoms with Crippen LogP contribution in [0.25, 0.3) is 0 Å². The molecule has 2 aromatic rings. The van der Waals surface area contributed by atoms with Crippen LogP contribution in [-0.2, 0) is 4.79 Å². The normalized spacial score (nSPS) is 22.5. The molecule has 3 heterocycles. The van der Waals surface area contributed by atoms with Crippen molar-refractivity contribution in [2.45, 2.75) is 29.8 Å². The fourth-order valence-corrected chi connectivity index (χ4v) is 4.79. The molecule has 148 valence electrons. The number of hydrogen-bond donors (Lipinski definition) is 1. The van der Waals surface area contributed by atoms with E-state index in [2.05, 4.69) is 15.3 Å². The van der Waals surface area contributed by atoms with Crippen molar-refractivity contribution in [3.05, 3.63) is 48.0 Å². The van der Waals surface area contributed by atoms with Gasteiger partial charge in [0.2, 0.25) is 5.91 Å². The molecule has 2 fully saturated rings. The maximum Gasteiger partial charge on any atom is 0.239 e. The largest absolute Gasteiger partial charge is 0.366 e. The number of nitrogens with zero attached hydrogens (tertiary/aromatic N) is 4.